The van der Waals surface area contributed by atoms with Gasteiger partial charge in [-0.15, -0.1) is 0 Å². The maximum atomic E-state index is 11.5. The number of methoxy groups -OCH3 is 1. The molecule has 0 saturated carbocycles. The van der Waals surface area contributed by atoms with E-state index in [4.69, 9.17) is 4.74 Å². The third-order valence-corrected chi connectivity index (χ3v) is 3.12. The monoisotopic (exact) mass is 234 g/mol. The van der Waals surface area contributed by atoms with E-state index in [1.165, 1.54) is 18.4 Å². The first-order chi connectivity index (χ1) is 8.22. The number of aryl methyl sites for hydroxylation is 1. The number of carbonyl (C=O) groups excluding carboxylic acids is 1. The van der Waals surface area contributed by atoms with E-state index >= 15 is 0 Å². The van der Waals surface area contributed by atoms with Crippen molar-refractivity contribution >= 4 is 11.7 Å². The molecular weight excluding hydrogens is 216 g/mol. The smallest absolute Gasteiger partial charge is 0.324 e. The van der Waals surface area contributed by atoms with Gasteiger partial charge in [0.2, 0.25) is 0 Å². The predicted octanol–water partition coefficient (Wildman–Crippen LogP) is 0.946. The Labute approximate surface area is 102 Å². The van der Waals surface area contributed by atoms with Crippen molar-refractivity contribution in [2.75, 3.05) is 31.6 Å². The van der Waals surface area contributed by atoms with Crippen molar-refractivity contribution in [2.24, 2.45) is 0 Å². The molecule has 2 rings (SSSR count). The van der Waals surface area contributed by atoms with Crippen LogP contribution in [0.1, 0.15) is 5.56 Å². The van der Waals surface area contributed by atoms with Gasteiger partial charge in [0, 0.05) is 25.3 Å². The largest absolute Gasteiger partial charge is 0.468 e. The van der Waals surface area contributed by atoms with Crippen LogP contribution in [0.4, 0.5) is 5.69 Å². The van der Waals surface area contributed by atoms with E-state index in [0.717, 1.165) is 13.1 Å². The molecule has 1 aromatic carbocycles. The van der Waals surface area contributed by atoms with Crippen molar-refractivity contribution in [1.29, 1.82) is 0 Å². The SMILES string of the molecule is COC(=O)[C@H]1CN(c2ccccc2C)CCN1. The fraction of sp³-hybridized carbons (Fsp3) is 0.462. The molecule has 1 N–H and O–H groups in total. The minimum atomic E-state index is -0.228. The van der Waals surface area contributed by atoms with Crippen LogP contribution >= 0.6 is 0 Å². The summed E-state index contributed by atoms with van der Waals surface area (Å²) in [6.45, 7) is 4.47. The molecule has 1 heterocycles. The summed E-state index contributed by atoms with van der Waals surface area (Å²) >= 11 is 0. The molecule has 4 heteroatoms. The zero-order valence-corrected chi connectivity index (χ0v) is 10.3. The molecule has 0 radical (unpaired) electrons. The van der Waals surface area contributed by atoms with E-state index in [1.807, 2.05) is 12.1 Å². The van der Waals surface area contributed by atoms with Gasteiger partial charge in [0.05, 0.1) is 7.11 Å². The van der Waals surface area contributed by atoms with E-state index in [1.54, 1.807) is 0 Å². The highest BCUT2D eigenvalue weighted by Crippen LogP contribution is 2.20. The number of hydrogen-bond donors (Lipinski definition) is 1. The highest BCUT2D eigenvalue weighted by molar-refractivity contribution is 5.77. The lowest BCUT2D eigenvalue weighted by Crippen LogP contribution is -2.54. The van der Waals surface area contributed by atoms with E-state index in [-0.39, 0.29) is 12.0 Å². The molecule has 0 amide bonds. The number of piperazine rings is 1. The van der Waals surface area contributed by atoms with Gasteiger partial charge in [-0.1, -0.05) is 18.2 Å². The molecule has 17 heavy (non-hydrogen) atoms. The Morgan fingerprint density at radius 2 is 2.24 bits per heavy atom. The van der Waals surface area contributed by atoms with E-state index in [2.05, 4.69) is 29.3 Å². The summed E-state index contributed by atoms with van der Waals surface area (Å²) in [6, 6.07) is 8.00. The Morgan fingerprint density at radius 3 is 2.94 bits per heavy atom. The van der Waals surface area contributed by atoms with Crippen LogP contribution in [0.2, 0.25) is 0 Å². The highest BCUT2D eigenvalue weighted by Gasteiger charge is 2.26. The first kappa shape index (κ1) is 11.9. The van der Waals surface area contributed by atoms with Gasteiger partial charge >= 0.3 is 5.97 Å². The predicted molar refractivity (Wildman–Crippen MR) is 67.2 cm³/mol. The Bertz CT molecular complexity index is 406. The fourth-order valence-corrected chi connectivity index (χ4v) is 2.19. The van der Waals surface area contributed by atoms with Gasteiger partial charge in [-0.25, -0.2) is 0 Å². The molecule has 1 fully saturated rings. The lowest BCUT2D eigenvalue weighted by atomic mass is 10.1. The van der Waals surface area contributed by atoms with Crippen molar-refractivity contribution in [3.8, 4) is 0 Å². The van der Waals surface area contributed by atoms with Gasteiger partial charge in [0.15, 0.2) is 0 Å². The molecule has 0 aliphatic carbocycles. The second kappa shape index (κ2) is 5.19. The van der Waals surface area contributed by atoms with Gasteiger partial charge in [0.1, 0.15) is 6.04 Å². The normalized spacial score (nSPS) is 20.1. The Hall–Kier alpha value is -1.55. The van der Waals surface area contributed by atoms with Crippen LogP contribution in [0.15, 0.2) is 24.3 Å². The van der Waals surface area contributed by atoms with Crippen LogP contribution in [0, 0.1) is 6.92 Å². The summed E-state index contributed by atoms with van der Waals surface area (Å²) in [6.07, 6.45) is 0. The van der Waals surface area contributed by atoms with Gasteiger partial charge in [-0.05, 0) is 18.6 Å². The number of rotatable bonds is 2. The van der Waals surface area contributed by atoms with Crippen LogP contribution in [-0.4, -0.2) is 38.8 Å². The topological polar surface area (TPSA) is 41.6 Å². The third-order valence-electron chi connectivity index (χ3n) is 3.12. The molecule has 0 aromatic heterocycles. The van der Waals surface area contributed by atoms with Gasteiger partial charge in [-0.2, -0.15) is 0 Å². The number of para-hydroxylation sites is 1. The second-order valence-electron chi connectivity index (χ2n) is 4.26. The van der Waals surface area contributed by atoms with Crippen LogP contribution in [0.25, 0.3) is 0 Å². The van der Waals surface area contributed by atoms with Crippen molar-refractivity contribution in [2.45, 2.75) is 13.0 Å². The molecular formula is C13H18N2O2. The lowest BCUT2D eigenvalue weighted by Gasteiger charge is -2.34. The molecule has 0 bridgehead atoms. The van der Waals surface area contributed by atoms with Gasteiger partial charge < -0.3 is 15.0 Å². The molecule has 1 aromatic rings. The molecule has 1 aliphatic rings. The molecule has 1 saturated heterocycles. The maximum Gasteiger partial charge on any atom is 0.324 e. The summed E-state index contributed by atoms with van der Waals surface area (Å²) in [7, 11) is 1.43. The minimum Gasteiger partial charge on any atom is -0.468 e. The first-order valence-corrected chi connectivity index (χ1v) is 5.84. The Morgan fingerprint density at radius 1 is 1.47 bits per heavy atom. The zero-order valence-electron chi connectivity index (χ0n) is 10.3. The molecule has 0 spiro atoms. The van der Waals surface area contributed by atoms with Crippen LogP contribution in [-0.2, 0) is 9.53 Å². The van der Waals surface area contributed by atoms with Crippen molar-refractivity contribution in [3.05, 3.63) is 29.8 Å². The highest BCUT2D eigenvalue weighted by atomic mass is 16.5. The summed E-state index contributed by atoms with van der Waals surface area (Å²) in [4.78, 5) is 13.7. The number of anilines is 1. The maximum absolute atomic E-state index is 11.5. The standard InChI is InChI=1S/C13H18N2O2/c1-10-5-3-4-6-12(10)15-8-7-14-11(9-15)13(16)17-2/h3-6,11,14H,7-9H2,1-2H3/t11-/m1/s1. The number of esters is 1. The number of carbonyl (C=O) groups is 1. The Kier molecular flexibility index (Phi) is 3.64. The lowest BCUT2D eigenvalue weighted by molar-refractivity contribution is -0.143. The Balaban J connectivity index is 2.12. The molecule has 0 unspecified atom stereocenters. The quantitative estimate of drug-likeness (QED) is 0.773. The third kappa shape index (κ3) is 2.58. The zero-order chi connectivity index (χ0) is 12.3. The number of nitrogens with one attached hydrogen (secondary N) is 1. The van der Waals surface area contributed by atoms with E-state index in [0.29, 0.717) is 6.54 Å². The molecule has 4 nitrogen and oxygen atoms in total. The summed E-state index contributed by atoms with van der Waals surface area (Å²) in [5.41, 5.74) is 2.43. The average Bonchev–Trinajstić information content (AvgIpc) is 2.38. The first-order valence-electron chi connectivity index (χ1n) is 5.84. The van der Waals surface area contributed by atoms with E-state index < -0.39 is 0 Å². The number of benzene rings is 1. The van der Waals surface area contributed by atoms with Gasteiger partial charge in [-0.3, -0.25) is 4.79 Å². The number of ether oxygens (including phenoxy) is 1. The van der Waals surface area contributed by atoms with Gasteiger partial charge in [0.25, 0.3) is 0 Å². The van der Waals surface area contributed by atoms with E-state index in [9.17, 15) is 4.79 Å². The second-order valence-corrected chi connectivity index (χ2v) is 4.26. The molecule has 1 atom stereocenters. The fourth-order valence-electron chi connectivity index (χ4n) is 2.19. The average molecular weight is 234 g/mol. The summed E-state index contributed by atoms with van der Waals surface area (Å²) in [5.74, 6) is -0.191. The van der Waals surface area contributed by atoms with Crippen LogP contribution in [0.5, 0.6) is 0 Å². The van der Waals surface area contributed by atoms with Crippen LogP contribution in [0.3, 0.4) is 0 Å². The van der Waals surface area contributed by atoms with Crippen molar-refractivity contribution in [3.63, 3.8) is 0 Å². The molecule has 1 aliphatic heterocycles. The molecule has 92 valence electrons. The summed E-state index contributed by atoms with van der Waals surface area (Å²) in [5, 5.41) is 3.17. The summed E-state index contributed by atoms with van der Waals surface area (Å²) < 4.78 is 4.78. The van der Waals surface area contributed by atoms with Crippen LogP contribution < -0.4 is 10.2 Å². The minimum absolute atomic E-state index is 0.191. The number of hydrogen-bond acceptors (Lipinski definition) is 4. The van der Waals surface area contributed by atoms with Crippen molar-refractivity contribution in [1.82, 2.24) is 5.32 Å². The number of nitrogens with zero attached hydrogens (tertiary/aromatic N) is 1. The van der Waals surface area contributed by atoms with Crippen molar-refractivity contribution < 1.29 is 9.53 Å².